The summed E-state index contributed by atoms with van der Waals surface area (Å²) in [6, 6.07) is 4.03. The summed E-state index contributed by atoms with van der Waals surface area (Å²) in [5.74, 6) is 2.52. The molecule has 1 atom stereocenters. The van der Waals surface area contributed by atoms with Gasteiger partial charge >= 0.3 is 0 Å². The maximum absolute atomic E-state index is 4.71. The summed E-state index contributed by atoms with van der Waals surface area (Å²) in [6.07, 6.45) is 6.36. The third kappa shape index (κ3) is 3.53. The smallest absolute Gasteiger partial charge is 0.157 e. The molecule has 1 unspecified atom stereocenters. The van der Waals surface area contributed by atoms with Crippen LogP contribution in [0.3, 0.4) is 0 Å². The van der Waals surface area contributed by atoms with Gasteiger partial charge in [-0.25, -0.2) is 9.50 Å². The highest BCUT2D eigenvalue weighted by Crippen LogP contribution is 2.21. The van der Waals surface area contributed by atoms with E-state index in [1.165, 1.54) is 12.8 Å². The number of rotatable bonds is 5. The fraction of sp³-hybridized carbons (Fsp3) is 0.625. The predicted octanol–water partition coefficient (Wildman–Crippen LogP) is 2.19. The van der Waals surface area contributed by atoms with Crippen LogP contribution in [0.1, 0.15) is 26.7 Å². The average molecular weight is 287 g/mol. The molecule has 1 fully saturated rings. The van der Waals surface area contributed by atoms with Gasteiger partial charge in [0.2, 0.25) is 0 Å². The van der Waals surface area contributed by atoms with E-state index in [-0.39, 0.29) is 0 Å². The third-order valence-corrected chi connectivity index (χ3v) is 4.07. The Balaban J connectivity index is 1.62. The van der Waals surface area contributed by atoms with Gasteiger partial charge < -0.3 is 10.2 Å². The van der Waals surface area contributed by atoms with Crippen LogP contribution < -0.4 is 10.2 Å². The fourth-order valence-corrected chi connectivity index (χ4v) is 2.99. The molecule has 0 radical (unpaired) electrons. The number of nitrogens with one attached hydrogen (secondary N) is 1. The van der Waals surface area contributed by atoms with Gasteiger partial charge in [-0.3, -0.25) is 0 Å². The van der Waals surface area contributed by atoms with Crippen molar-refractivity contribution in [2.45, 2.75) is 26.7 Å². The molecule has 1 aliphatic heterocycles. The van der Waals surface area contributed by atoms with Crippen LogP contribution in [0.2, 0.25) is 0 Å². The zero-order valence-electron chi connectivity index (χ0n) is 13.0. The Morgan fingerprint density at radius 2 is 2.29 bits per heavy atom. The molecule has 2 aromatic heterocycles. The minimum Gasteiger partial charge on any atom is -0.356 e. The first-order chi connectivity index (χ1) is 10.2. The summed E-state index contributed by atoms with van der Waals surface area (Å²) in [5.41, 5.74) is 0.924. The van der Waals surface area contributed by atoms with Gasteiger partial charge in [0.25, 0.3) is 0 Å². The summed E-state index contributed by atoms with van der Waals surface area (Å²) in [4.78, 5) is 7.12. The zero-order valence-corrected chi connectivity index (χ0v) is 13.0. The van der Waals surface area contributed by atoms with E-state index in [9.17, 15) is 0 Å². The minimum atomic E-state index is 0.718. The van der Waals surface area contributed by atoms with Gasteiger partial charge in [0.05, 0.1) is 6.20 Å². The highest BCUT2D eigenvalue weighted by Gasteiger charge is 2.21. The van der Waals surface area contributed by atoms with Gasteiger partial charge in [0.15, 0.2) is 5.65 Å². The third-order valence-electron chi connectivity index (χ3n) is 4.07. The molecule has 0 amide bonds. The van der Waals surface area contributed by atoms with E-state index in [1.807, 2.05) is 16.8 Å². The lowest BCUT2D eigenvalue weighted by Crippen LogP contribution is -2.40. The summed E-state index contributed by atoms with van der Waals surface area (Å²) in [7, 11) is 0. The number of hydrogen-bond acceptors (Lipinski definition) is 4. The van der Waals surface area contributed by atoms with Crippen LogP contribution in [0.4, 0.5) is 5.82 Å². The average Bonchev–Trinajstić information content (AvgIpc) is 2.94. The summed E-state index contributed by atoms with van der Waals surface area (Å²) < 4.78 is 1.81. The molecule has 0 aliphatic carbocycles. The first-order valence-corrected chi connectivity index (χ1v) is 7.98. The van der Waals surface area contributed by atoms with E-state index in [4.69, 9.17) is 4.98 Å². The van der Waals surface area contributed by atoms with E-state index in [1.54, 1.807) is 6.20 Å². The maximum Gasteiger partial charge on any atom is 0.157 e. The molecular formula is C16H25N5. The number of aromatic nitrogens is 3. The van der Waals surface area contributed by atoms with Gasteiger partial charge in [-0.2, -0.15) is 5.10 Å². The standard InChI is InChI=1S/C16H25N5/c1-13(2)10-17-11-14-4-3-8-20(12-14)15-6-9-21-16(19-15)5-7-18-21/h5-7,9,13-14,17H,3-4,8,10-12H2,1-2H3. The van der Waals surface area contributed by atoms with Crippen molar-refractivity contribution in [3.63, 3.8) is 0 Å². The van der Waals surface area contributed by atoms with Crippen LogP contribution in [0.5, 0.6) is 0 Å². The van der Waals surface area contributed by atoms with Crippen LogP contribution in [0.25, 0.3) is 5.65 Å². The molecule has 0 aromatic carbocycles. The molecule has 0 saturated carbocycles. The van der Waals surface area contributed by atoms with E-state index in [2.05, 4.69) is 35.2 Å². The van der Waals surface area contributed by atoms with E-state index in [0.717, 1.165) is 49.5 Å². The number of nitrogens with zero attached hydrogens (tertiary/aromatic N) is 4. The number of piperidine rings is 1. The molecule has 5 heteroatoms. The molecule has 21 heavy (non-hydrogen) atoms. The van der Waals surface area contributed by atoms with E-state index < -0.39 is 0 Å². The molecule has 1 N–H and O–H groups in total. The van der Waals surface area contributed by atoms with Crippen molar-refractivity contribution in [3.05, 3.63) is 24.5 Å². The van der Waals surface area contributed by atoms with Crippen LogP contribution in [0.15, 0.2) is 24.5 Å². The molecule has 3 heterocycles. The Hall–Kier alpha value is -1.62. The van der Waals surface area contributed by atoms with Crippen molar-refractivity contribution in [1.29, 1.82) is 0 Å². The molecule has 1 saturated heterocycles. The van der Waals surface area contributed by atoms with Crippen molar-refractivity contribution in [2.24, 2.45) is 11.8 Å². The fourth-order valence-electron chi connectivity index (χ4n) is 2.99. The quantitative estimate of drug-likeness (QED) is 0.915. The van der Waals surface area contributed by atoms with Gasteiger partial charge in [-0.05, 0) is 43.8 Å². The van der Waals surface area contributed by atoms with E-state index in [0.29, 0.717) is 0 Å². The Morgan fingerprint density at radius 3 is 3.14 bits per heavy atom. The number of anilines is 1. The van der Waals surface area contributed by atoms with Crippen LogP contribution >= 0.6 is 0 Å². The maximum atomic E-state index is 4.71. The summed E-state index contributed by atoms with van der Waals surface area (Å²) in [5, 5.41) is 7.79. The first kappa shape index (κ1) is 14.3. The lowest BCUT2D eigenvalue weighted by molar-refractivity contribution is 0.381. The zero-order chi connectivity index (χ0) is 14.7. The summed E-state index contributed by atoms with van der Waals surface area (Å²) >= 11 is 0. The highest BCUT2D eigenvalue weighted by molar-refractivity contribution is 5.47. The van der Waals surface area contributed by atoms with Crippen LogP contribution in [0, 0.1) is 11.8 Å². The van der Waals surface area contributed by atoms with Gasteiger partial charge in [0, 0.05) is 25.4 Å². The molecule has 1 aliphatic rings. The van der Waals surface area contributed by atoms with E-state index >= 15 is 0 Å². The van der Waals surface area contributed by atoms with Crippen LogP contribution in [-0.4, -0.2) is 40.8 Å². The second-order valence-electron chi connectivity index (χ2n) is 6.43. The van der Waals surface area contributed by atoms with Gasteiger partial charge in [0.1, 0.15) is 5.82 Å². The Kier molecular flexibility index (Phi) is 4.39. The number of fused-ring (bicyclic) bond motifs is 1. The summed E-state index contributed by atoms with van der Waals surface area (Å²) in [6.45, 7) is 8.94. The van der Waals surface area contributed by atoms with Crippen molar-refractivity contribution >= 4 is 11.5 Å². The first-order valence-electron chi connectivity index (χ1n) is 7.98. The second-order valence-corrected chi connectivity index (χ2v) is 6.43. The highest BCUT2D eigenvalue weighted by atomic mass is 15.3. The molecule has 2 aromatic rings. The normalized spacial score (nSPS) is 19.6. The monoisotopic (exact) mass is 287 g/mol. The minimum absolute atomic E-state index is 0.718. The van der Waals surface area contributed by atoms with Crippen molar-refractivity contribution < 1.29 is 0 Å². The molecule has 5 nitrogen and oxygen atoms in total. The van der Waals surface area contributed by atoms with Gasteiger partial charge in [-0.15, -0.1) is 0 Å². The predicted molar refractivity (Wildman–Crippen MR) is 85.6 cm³/mol. The molecule has 3 rings (SSSR count). The van der Waals surface area contributed by atoms with Crippen LogP contribution in [-0.2, 0) is 0 Å². The second kappa shape index (κ2) is 6.43. The van der Waals surface area contributed by atoms with Crippen molar-refractivity contribution in [1.82, 2.24) is 19.9 Å². The topological polar surface area (TPSA) is 45.5 Å². The van der Waals surface area contributed by atoms with Gasteiger partial charge in [-0.1, -0.05) is 13.8 Å². The molecule has 0 spiro atoms. The Bertz CT molecular complexity index is 577. The van der Waals surface area contributed by atoms with Crippen molar-refractivity contribution in [3.8, 4) is 0 Å². The number of hydrogen-bond donors (Lipinski definition) is 1. The largest absolute Gasteiger partial charge is 0.356 e. The lowest BCUT2D eigenvalue weighted by Gasteiger charge is -2.33. The van der Waals surface area contributed by atoms with Crippen molar-refractivity contribution in [2.75, 3.05) is 31.1 Å². The Labute approximate surface area is 126 Å². The molecule has 0 bridgehead atoms. The molecule has 114 valence electrons. The lowest BCUT2D eigenvalue weighted by atomic mass is 9.98. The SMILES string of the molecule is CC(C)CNCC1CCCN(c2ccn3nccc3n2)C1. The molecular weight excluding hydrogens is 262 g/mol. The Morgan fingerprint density at radius 1 is 1.38 bits per heavy atom.